The number of aromatic amines is 1. The van der Waals surface area contributed by atoms with Crippen molar-refractivity contribution >= 4 is 12.2 Å². The van der Waals surface area contributed by atoms with E-state index >= 15 is 0 Å². The van der Waals surface area contributed by atoms with Gasteiger partial charge in [0.05, 0.1) is 18.5 Å². The first-order chi connectivity index (χ1) is 16.7. The molecule has 2 N–H and O–H groups in total. The van der Waals surface area contributed by atoms with Crippen molar-refractivity contribution in [1.29, 1.82) is 5.26 Å². The summed E-state index contributed by atoms with van der Waals surface area (Å²) in [5.74, 6) is 0.996. The van der Waals surface area contributed by atoms with Crippen LogP contribution in [0.25, 0.3) is 11.3 Å². The van der Waals surface area contributed by atoms with Gasteiger partial charge < -0.3 is 4.74 Å². The first kappa shape index (κ1) is 24.7. The molecular formula is C27H31N5O2. The number of rotatable bonds is 13. The third-order valence-electron chi connectivity index (χ3n) is 5.36. The molecule has 0 amide bonds. The molecule has 34 heavy (non-hydrogen) atoms. The van der Waals surface area contributed by atoms with Crippen molar-refractivity contribution in [3.05, 3.63) is 76.1 Å². The third-order valence-corrected chi connectivity index (χ3v) is 5.36. The highest BCUT2D eigenvalue weighted by molar-refractivity contribution is 5.80. The van der Waals surface area contributed by atoms with E-state index in [4.69, 9.17) is 4.74 Å². The van der Waals surface area contributed by atoms with E-state index in [1.807, 2.05) is 48.5 Å². The Morgan fingerprint density at radius 2 is 1.74 bits per heavy atom. The topological polar surface area (TPSA) is 103 Å². The van der Waals surface area contributed by atoms with E-state index < -0.39 is 5.56 Å². The van der Waals surface area contributed by atoms with Gasteiger partial charge in [0.2, 0.25) is 5.95 Å². The van der Waals surface area contributed by atoms with Crippen LogP contribution in [0.5, 0.6) is 5.75 Å². The lowest BCUT2D eigenvalue weighted by molar-refractivity contribution is 0.304. The zero-order valence-corrected chi connectivity index (χ0v) is 19.6. The first-order valence-corrected chi connectivity index (χ1v) is 11.8. The number of hydrazone groups is 1. The fourth-order valence-corrected chi connectivity index (χ4v) is 3.50. The van der Waals surface area contributed by atoms with E-state index in [0.717, 1.165) is 24.3 Å². The largest absolute Gasteiger partial charge is 0.494 e. The summed E-state index contributed by atoms with van der Waals surface area (Å²) >= 11 is 0. The Morgan fingerprint density at radius 1 is 1.03 bits per heavy atom. The number of nitrogens with zero attached hydrogens (tertiary/aromatic N) is 3. The van der Waals surface area contributed by atoms with Crippen LogP contribution in [-0.2, 0) is 0 Å². The van der Waals surface area contributed by atoms with E-state index in [1.165, 1.54) is 38.5 Å². The number of ether oxygens (including phenoxy) is 1. The number of unbranched alkanes of at least 4 members (excludes halogenated alkanes) is 6. The molecule has 0 aliphatic carbocycles. The second-order valence-electron chi connectivity index (χ2n) is 8.02. The molecule has 7 nitrogen and oxygen atoms in total. The highest BCUT2D eigenvalue weighted by atomic mass is 16.5. The van der Waals surface area contributed by atoms with Gasteiger partial charge >= 0.3 is 0 Å². The van der Waals surface area contributed by atoms with Gasteiger partial charge in [0.25, 0.3) is 5.56 Å². The second kappa shape index (κ2) is 13.6. The summed E-state index contributed by atoms with van der Waals surface area (Å²) in [5, 5.41) is 13.5. The molecule has 0 fully saturated rings. The number of nitrogens with one attached hydrogen (secondary N) is 2. The van der Waals surface area contributed by atoms with E-state index in [9.17, 15) is 10.1 Å². The van der Waals surface area contributed by atoms with E-state index in [1.54, 1.807) is 18.3 Å². The minimum Gasteiger partial charge on any atom is -0.494 e. The van der Waals surface area contributed by atoms with Crippen molar-refractivity contribution in [2.24, 2.45) is 5.10 Å². The van der Waals surface area contributed by atoms with Crippen LogP contribution in [0, 0.1) is 11.3 Å². The number of aromatic nitrogens is 2. The van der Waals surface area contributed by atoms with Gasteiger partial charge in [0.1, 0.15) is 17.4 Å². The summed E-state index contributed by atoms with van der Waals surface area (Å²) in [6, 6.07) is 18.7. The van der Waals surface area contributed by atoms with Gasteiger partial charge in [-0.05, 0) is 36.2 Å². The summed E-state index contributed by atoms with van der Waals surface area (Å²) in [4.78, 5) is 19.2. The zero-order valence-electron chi connectivity index (χ0n) is 19.6. The number of H-pyrrole nitrogens is 1. The summed E-state index contributed by atoms with van der Waals surface area (Å²) in [5.41, 5.74) is 4.05. The molecule has 0 saturated heterocycles. The van der Waals surface area contributed by atoms with Crippen molar-refractivity contribution in [2.45, 2.75) is 51.9 Å². The van der Waals surface area contributed by atoms with Crippen LogP contribution in [-0.4, -0.2) is 22.8 Å². The zero-order chi connectivity index (χ0) is 24.0. The number of benzene rings is 2. The fourth-order valence-electron chi connectivity index (χ4n) is 3.50. The van der Waals surface area contributed by atoms with Gasteiger partial charge in [-0.25, -0.2) is 10.4 Å². The fraction of sp³-hybridized carbons (Fsp3) is 0.333. The van der Waals surface area contributed by atoms with Gasteiger partial charge in [-0.3, -0.25) is 9.78 Å². The predicted octanol–water partition coefficient (Wildman–Crippen LogP) is 5.88. The maximum Gasteiger partial charge on any atom is 0.270 e. The van der Waals surface area contributed by atoms with Crippen molar-refractivity contribution in [1.82, 2.24) is 9.97 Å². The van der Waals surface area contributed by atoms with Gasteiger partial charge in [-0.15, -0.1) is 0 Å². The smallest absolute Gasteiger partial charge is 0.270 e. The van der Waals surface area contributed by atoms with Crippen LogP contribution in [0.1, 0.15) is 63.0 Å². The van der Waals surface area contributed by atoms with Crippen molar-refractivity contribution in [3.63, 3.8) is 0 Å². The van der Waals surface area contributed by atoms with Crippen molar-refractivity contribution in [2.75, 3.05) is 12.0 Å². The van der Waals surface area contributed by atoms with Gasteiger partial charge in [-0.2, -0.15) is 10.4 Å². The highest BCUT2D eigenvalue weighted by Crippen LogP contribution is 2.19. The Labute approximate surface area is 200 Å². The third kappa shape index (κ3) is 7.59. The van der Waals surface area contributed by atoms with Crippen LogP contribution >= 0.6 is 0 Å². The van der Waals surface area contributed by atoms with Crippen LogP contribution < -0.4 is 15.7 Å². The number of hydrogen-bond donors (Lipinski definition) is 2. The lowest BCUT2D eigenvalue weighted by Crippen LogP contribution is -2.16. The van der Waals surface area contributed by atoms with Crippen LogP contribution in [0.15, 0.2) is 64.5 Å². The number of nitriles is 1. The molecule has 1 aromatic heterocycles. The molecule has 0 spiro atoms. The van der Waals surface area contributed by atoms with E-state index in [0.29, 0.717) is 11.3 Å². The normalized spacial score (nSPS) is 10.8. The molecule has 3 rings (SSSR count). The molecular weight excluding hydrogens is 426 g/mol. The minimum atomic E-state index is -0.517. The molecule has 0 aliphatic heterocycles. The predicted molar refractivity (Wildman–Crippen MR) is 136 cm³/mol. The molecule has 0 bridgehead atoms. The summed E-state index contributed by atoms with van der Waals surface area (Å²) < 4.78 is 5.82. The molecule has 0 unspecified atom stereocenters. The Morgan fingerprint density at radius 3 is 2.44 bits per heavy atom. The summed E-state index contributed by atoms with van der Waals surface area (Å²) in [7, 11) is 0. The number of anilines is 1. The van der Waals surface area contributed by atoms with E-state index in [-0.39, 0.29) is 11.5 Å². The minimum absolute atomic E-state index is 0.0344. The molecule has 3 aromatic rings. The molecule has 0 atom stereocenters. The first-order valence-electron chi connectivity index (χ1n) is 11.8. The molecule has 0 radical (unpaired) electrons. The molecule has 0 aliphatic rings. The molecule has 176 valence electrons. The van der Waals surface area contributed by atoms with Crippen LogP contribution in [0.4, 0.5) is 5.95 Å². The average molecular weight is 458 g/mol. The quantitative estimate of drug-likeness (QED) is 0.189. The van der Waals surface area contributed by atoms with Crippen LogP contribution in [0.3, 0.4) is 0 Å². The van der Waals surface area contributed by atoms with E-state index in [2.05, 4.69) is 27.4 Å². The Balaban J connectivity index is 1.51. The summed E-state index contributed by atoms with van der Waals surface area (Å²) in [6.07, 6.45) is 10.4. The second-order valence-corrected chi connectivity index (χ2v) is 8.02. The van der Waals surface area contributed by atoms with Gasteiger partial charge in [0, 0.05) is 5.56 Å². The number of hydrogen-bond acceptors (Lipinski definition) is 6. The maximum absolute atomic E-state index is 12.3. The van der Waals surface area contributed by atoms with Crippen molar-refractivity contribution < 1.29 is 4.74 Å². The highest BCUT2D eigenvalue weighted by Gasteiger charge is 2.12. The molecule has 1 heterocycles. The maximum atomic E-state index is 12.3. The van der Waals surface area contributed by atoms with Gasteiger partial charge in [-0.1, -0.05) is 75.8 Å². The lowest BCUT2D eigenvalue weighted by atomic mass is 10.1. The average Bonchev–Trinajstić information content (AvgIpc) is 2.87. The monoisotopic (exact) mass is 457 g/mol. The summed E-state index contributed by atoms with van der Waals surface area (Å²) in [6.45, 7) is 2.96. The molecule has 0 saturated carbocycles. The lowest BCUT2D eigenvalue weighted by Gasteiger charge is -2.07. The van der Waals surface area contributed by atoms with Gasteiger partial charge in [0.15, 0.2) is 0 Å². The Bertz CT molecular complexity index is 1150. The SMILES string of the molecule is CCCCCCCCCOc1ccc(C=NNc2nc(-c3ccccc3)c(C#N)c(=O)[nH]2)cc1. The Kier molecular flexibility index (Phi) is 9.88. The molecule has 7 heteroatoms. The van der Waals surface area contributed by atoms with Crippen LogP contribution in [0.2, 0.25) is 0 Å². The molecule has 2 aromatic carbocycles. The standard InChI is InChI=1S/C27H31N5O2/c1-2-3-4-5-6-7-11-18-34-23-16-14-21(15-17-23)20-29-32-27-30-25(22-12-9-8-10-13-22)24(19-28)26(33)31-27/h8-10,12-17,20H,2-7,11,18H2,1H3,(H2,30,31,32,33). The Hall–Kier alpha value is -3.92. The van der Waals surface area contributed by atoms with Crippen molar-refractivity contribution in [3.8, 4) is 23.1 Å².